The van der Waals surface area contributed by atoms with Crippen molar-refractivity contribution in [3.8, 4) is 0 Å². The number of nitro groups is 1. The standard InChI is InChI=1S/C13H18ClN3O3/c14-13-9-12(17(18)19)2-1-11(13)10-15-3-4-16-5-7-20-8-6-16/h1-2,9,15H,3-8,10H2. The van der Waals surface area contributed by atoms with E-state index in [4.69, 9.17) is 16.3 Å². The molecule has 0 unspecified atom stereocenters. The molecule has 0 atom stereocenters. The van der Waals surface area contributed by atoms with E-state index < -0.39 is 4.92 Å². The first-order valence-corrected chi connectivity index (χ1v) is 6.98. The Labute approximate surface area is 122 Å². The lowest BCUT2D eigenvalue weighted by Crippen LogP contribution is -2.40. The summed E-state index contributed by atoms with van der Waals surface area (Å²) in [6.45, 7) is 5.98. The van der Waals surface area contributed by atoms with E-state index >= 15 is 0 Å². The van der Waals surface area contributed by atoms with E-state index in [1.54, 1.807) is 6.07 Å². The zero-order chi connectivity index (χ0) is 14.4. The van der Waals surface area contributed by atoms with Gasteiger partial charge in [-0.2, -0.15) is 0 Å². The zero-order valence-corrected chi connectivity index (χ0v) is 11.9. The summed E-state index contributed by atoms with van der Waals surface area (Å²) in [4.78, 5) is 12.5. The van der Waals surface area contributed by atoms with Gasteiger partial charge in [-0.25, -0.2) is 0 Å². The van der Waals surface area contributed by atoms with Crippen molar-refractivity contribution in [1.82, 2.24) is 10.2 Å². The van der Waals surface area contributed by atoms with E-state index in [9.17, 15) is 10.1 Å². The van der Waals surface area contributed by atoms with Gasteiger partial charge in [-0.3, -0.25) is 15.0 Å². The van der Waals surface area contributed by atoms with Gasteiger partial charge in [0.15, 0.2) is 0 Å². The Hall–Kier alpha value is -1.21. The van der Waals surface area contributed by atoms with E-state index in [2.05, 4.69) is 10.2 Å². The molecule has 110 valence electrons. The molecular weight excluding hydrogens is 282 g/mol. The van der Waals surface area contributed by atoms with Gasteiger partial charge in [-0.15, -0.1) is 0 Å². The van der Waals surface area contributed by atoms with Crippen LogP contribution in [0.2, 0.25) is 5.02 Å². The molecule has 0 saturated carbocycles. The summed E-state index contributed by atoms with van der Waals surface area (Å²) < 4.78 is 5.29. The van der Waals surface area contributed by atoms with Crippen molar-refractivity contribution in [1.29, 1.82) is 0 Å². The molecule has 0 spiro atoms. The van der Waals surface area contributed by atoms with Crippen molar-refractivity contribution in [3.05, 3.63) is 38.9 Å². The number of halogens is 1. The highest BCUT2D eigenvalue weighted by Crippen LogP contribution is 2.22. The van der Waals surface area contributed by atoms with Crippen molar-refractivity contribution >= 4 is 17.3 Å². The lowest BCUT2D eigenvalue weighted by Gasteiger charge is -2.26. The summed E-state index contributed by atoms with van der Waals surface area (Å²) in [5, 5.41) is 14.3. The average Bonchev–Trinajstić information content (AvgIpc) is 2.46. The van der Waals surface area contributed by atoms with Crippen LogP contribution in [0.3, 0.4) is 0 Å². The lowest BCUT2D eigenvalue weighted by atomic mass is 10.2. The molecule has 0 aromatic heterocycles. The van der Waals surface area contributed by atoms with E-state index in [1.807, 2.05) is 0 Å². The predicted molar refractivity (Wildman–Crippen MR) is 77.1 cm³/mol. The number of rotatable bonds is 6. The topological polar surface area (TPSA) is 67.6 Å². The van der Waals surface area contributed by atoms with Gasteiger partial charge in [0.2, 0.25) is 0 Å². The van der Waals surface area contributed by atoms with Crippen LogP contribution in [0.25, 0.3) is 0 Å². The number of non-ortho nitro benzene ring substituents is 1. The quantitative estimate of drug-likeness (QED) is 0.492. The molecule has 6 nitrogen and oxygen atoms in total. The molecule has 20 heavy (non-hydrogen) atoms. The zero-order valence-electron chi connectivity index (χ0n) is 11.2. The minimum Gasteiger partial charge on any atom is -0.379 e. The molecule has 1 N–H and O–H groups in total. The fraction of sp³-hybridized carbons (Fsp3) is 0.538. The molecule has 1 saturated heterocycles. The van der Waals surface area contributed by atoms with Crippen LogP contribution in [0, 0.1) is 10.1 Å². The fourth-order valence-electron chi connectivity index (χ4n) is 2.08. The number of nitrogens with zero attached hydrogens (tertiary/aromatic N) is 2. The first kappa shape index (κ1) is 15.2. The Kier molecular flexibility index (Phi) is 5.72. The van der Waals surface area contributed by atoms with E-state index in [0.717, 1.165) is 45.0 Å². The van der Waals surface area contributed by atoms with Gasteiger partial charge in [0.25, 0.3) is 5.69 Å². The maximum Gasteiger partial charge on any atom is 0.270 e. The Morgan fingerprint density at radius 2 is 2.15 bits per heavy atom. The number of hydrogen-bond donors (Lipinski definition) is 1. The smallest absolute Gasteiger partial charge is 0.270 e. The highest BCUT2D eigenvalue weighted by atomic mass is 35.5. The first-order chi connectivity index (χ1) is 9.66. The maximum absolute atomic E-state index is 10.6. The third kappa shape index (κ3) is 4.42. The summed E-state index contributed by atoms with van der Waals surface area (Å²) in [5.41, 5.74) is 0.895. The van der Waals surface area contributed by atoms with Crippen molar-refractivity contribution < 1.29 is 9.66 Å². The van der Waals surface area contributed by atoms with E-state index in [-0.39, 0.29) is 5.69 Å². The predicted octanol–water partition coefficient (Wildman–Crippen LogP) is 1.67. The summed E-state index contributed by atoms with van der Waals surface area (Å²) in [6, 6.07) is 4.56. The molecule has 7 heteroatoms. The summed E-state index contributed by atoms with van der Waals surface area (Å²) >= 11 is 6.03. The molecule has 1 aromatic rings. The highest BCUT2D eigenvalue weighted by molar-refractivity contribution is 6.31. The van der Waals surface area contributed by atoms with Gasteiger partial charge < -0.3 is 10.1 Å². The second-order valence-electron chi connectivity index (χ2n) is 4.66. The van der Waals surface area contributed by atoms with Gasteiger partial charge in [-0.05, 0) is 11.6 Å². The minimum atomic E-state index is -0.443. The SMILES string of the molecule is O=[N+]([O-])c1ccc(CNCCN2CCOCC2)c(Cl)c1. The second kappa shape index (κ2) is 7.54. The molecule has 1 aliphatic heterocycles. The summed E-state index contributed by atoms with van der Waals surface area (Å²) in [7, 11) is 0. The van der Waals surface area contributed by atoms with Crippen LogP contribution >= 0.6 is 11.6 Å². The number of hydrogen-bond acceptors (Lipinski definition) is 5. The first-order valence-electron chi connectivity index (χ1n) is 6.60. The van der Waals surface area contributed by atoms with Crippen LogP contribution in [0.5, 0.6) is 0 Å². The van der Waals surface area contributed by atoms with Crippen LogP contribution in [-0.2, 0) is 11.3 Å². The number of morpholine rings is 1. The van der Waals surface area contributed by atoms with Gasteiger partial charge in [0, 0.05) is 44.9 Å². The van der Waals surface area contributed by atoms with Crippen molar-refractivity contribution in [3.63, 3.8) is 0 Å². The Morgan fingerprint density at radius 3 is 2.80 bits per heavy atom. The number of benzene rings is 1. The molecule has 1 fully saturated rings. The summed E-state index contributed by atoms with van der Waals surface area (Å²) in [6.07, 6.45) is 0. The Bertz CT molecular complexity index is 464. The van der Waals surface area contributed by atoms with Crippen molar-refractivity contribution in [2.24, 2.45) is 0 Å². The van der Waals surface area contributed by atoms with Crippen molar-refractivity contribution in [2.45, 2.75) is 6.54 Å². The van der Waals surface area contributed by atoms with Crippen LogP contribution in [-0.4, -0.2) is 49.2 Å². The maximum atomic E-state index is 10.6. The van der Waals surface area contributed by atoms with E-state index in [1.165, 1.54) is 12.1 Å². The lowest BCUT2D eigenvalue weighted by molar-refractivity contribution is -0.384. The molecule has 1 aliphatic rings. The van der Waals surface area contributed by atoms with Gasteiger partial charge in [0.1, 0.15) is 0 Å². The van der Waals surface area contributed by atoms with E-state index in [0.29, 0.717) is 11.6 Å². The molecule has 0 amide bonds. The molecule has 0 radical (unpaired) electrons. The Morgan fingerprint density at radius 1 is 1.40 bits per heavy atom. The molecule has 1 heterocycles. The fourth-order valence-corrected chi connectivity index (χ4v) is 2.32. The van der Waals surface area contributed by atoms with Crippen LogP contribution in [0.4, 0.5) is 5.69 Å². The number of nitro benzene ring substituents is 1. The average molecular weight is 300 g/mol. The molecule has 0 aliphatic carbocycles. The number of nitrogens with one attached hydrogen (secondary N) is 1. The van der Waals surface area contributed by atoms with Crippen LogP contribution < -0.4 is 5.32 Å². The van der Waals surface area contributed by atoms with Gasteiger partial charge in [-0.1, -0.05) is 11.6 Å². The molecule has 0 bridgehead atoms. The van der Waals surface area contributed by atoms with Crippen LogP contribution in [0.1, 0.15) is 5.56 Å². The molecule has 1 aromatic carbocycles. The van der Waals surface area contributed by atoms with Crippen molar-refractivity contribution in [2.75, 3.05) is 39.4 Å². The van der Waals surface area contributed by atoms with Gasteiger partial charge >= 0.3 is 0 Å². The normalized spacial score (nSPS) is 16.2. The molecular formula is C13H18ClN3O3. The molecule has 2 rings (SSSR count). The van der Waals surface area contributed by atoms with Gasteiger partial charge in [0.05, 0.1) is 23.2 Å². The monoisotopic (exact) mass is 299 g/mol. The third-order valence-electron chi connectivity index (χ3n) is 3.27. The largest absolute Gasteiger partial charge is 0.379 e. The Balaban J connectivity index is 1.74. The van der Waals surface area contributed by atoms with Crippen LogP contribution in [0.15, 0.2) is 18.2 Å². The third-order valence-corrected chi connectivity index (χ3v) is 3.62. The number of ether oxygens (including phenoxy) is 1. The summed E-state index contributed by atoms with van der Waals surface area (Å²) in [5.74, 6) is 0. The minimum absolute atomic E-state index is 0.0204. The highest BCUT2D eigenvalue weighted by Gasteiger charge is 2.11. The second-order valence-corrected chi connectivity index (χ2v) is 5.07.